The number of rotatable bonds is 5. The molecule has 0 bridgehead atoms. The van der Waals surface area contributed by atoms with Gasteiger partial charge in [-0.15, -0.1) is 0 Å². The van der Waals surface area contributed by atoms with E-state index in [0.29, 0.717) is 29.3 Å². The first-order valence-corrected chi connectivity index (χ1v) is 8.79. The molecule has 1 aliphatic rings. The number of hydrogen-bond donors (Lipinski definition) is 3. The molecule has 0 aromatic heterocycles. The van der Waals surface area contributed by atoms with E-state index in [9.17, 15) is 9.59 Å². The van der Waals surface area contributed by atoms with Gasteiger partial charge in [-0.1, -0.05) is 29.8 Å². The highest BCUT2D eigenvalue weighted by atomic mass is 35.5. The molecular weight excluding hydrogens is 354 g/mol. The summed E-state index contributed by atoms with van der Waals surface area (Å²) in [5.41, 5.74) is 8.09. The Bertz CT molecular complexity index is 812. The van der Waals surface area contributed by atoms with Crippen LogP contribution in [0.5, 0.6) is 0 Å². The SMILES string of the molecule is CCOC(=O)c1cccc(NC(=O)C2CC(c3cccc(Cl)c3)NN2)c1. The zero-order valence-corrected chi connectivity index (χ0v) is 15.0. The Hall–Kier alpha value is -2.41. The fourth-order valence-electron chi connectivity index (χ4n) is 2.84. The van der Waals surface area contributed by atoms with E-state index < -0.39 is 12.0 Å². The maximum atomic E-state index is 12.5. The molecule has 2 atom stereocenters. The van der Waals surface area contributed by atoms with E-state index in [4.69, 9.17) is 16.3 Å². The quantitative estimate of drug-likeness (QED) is 0.702. The predicted molar refractivity (Wildman–Crippen MR) is 99.9 cm³/mol. The van der Waals surface area contributed by atoms with Gasteiger partial charge in [-0.3, -0.25) is 4.79 Å². The molecule has 1 aliphatic heterocycles. The second-order valence-corrected chi connectivity index (χ2v) is 6.41. The molecule has 1 saturated heterocycles. The van der Waals surface area contributed by atoms with E-state index in [2.05, 4.69) is 16.2 Å². The third-order valence-electron chi connectivity index (χ3n) is 4.11. The van der Waals surface area contributed by atoms with Gasteiger partial charge in [0.2, 0.25) is 5.91 Å². The summed E-state index contributed by atoms with van der Waals surface area (Å²) in [5, 5.41) is 3.49. The highest BCUT2D eigenvalue weighted by molar-refractivity contribution is 6.30. The van der Waals surface area contributed by atoms with Crippen molar-refractivity contribution < 1.29 is 14.3 Å². The number of hydrazine groups is 1. The number of carbonyl (C=O) groups excluding carboxylic acids is 2. The topological polar surface area (TPSA) is 79.5 Å². The first-order chi connectivity index (χ1) is 12.6. The molecule has 0 saturated carbocycles. The molecule has 1 heterocycles. The van der Waals surface area contributed by atoms with Crippen LogP contribution in [0.25, 0.3) is 0 Å². The molecule has 0 radical (unpaired) electrons. The van der Waals surface area contributed by atoms with Crippen molar-refractivity contribution in [3.8, 4) is 0 Å². The maximum Gasteiger partial charge on any atom is 0.338 e. The van der Waals surface area contributed by atoms with Crippen molar-refractivity contribution in [3.63, 3.8) is 0 Å². The van der Waals surface area contributed by atoms with E-state index in [-0.39, 0.29) is 11.9 Å². The lowest BCUT2D eigenvalue weighted by Gasteiger charge is -2.12. The summed E-state index contributed by atoms with van der Waals surface area (Å²) in [6, 6.07) is 13.8. The van der Waals surface area contributed by atoms with Crippen LogP contribution >= 0.6 is 11.6 Å². The van der Waals surface area contributed by atoms with E-state index in [1.807, 2.05) is 24.3 Å². The average molecular weight is 374 g/mol. The third-order valence-corrected chi connectivity index (χ3v) is 4.35. The second-order valence-electron chi connectivity index (χ2n) is 5.98. The van der Waals surface area contributed by atoms with Crippen molar-refractivity contribution in [2.75, 3.05) is 11.9 Å². The van der Waals surface area contributed by atoms with E-state index in [0.717, 1.165) is 5.56 Å². The van der Waals surface area contributed by atoms with Crippen LogP contribution in [-0.2, 0) is 9.53 Å². The van der Waals surface area contributed by atoms with Crippen molar-refractivity contribution in [3.05, 3.63) is 64.7 Å². The molecule has 1 fully saturated rings. The Morgan fingerprint density at radius 3 is 2.77 bits per heavy atom. The van der Waals surface area contributed by atoms with Gasteiger partial charge >= 0.3 is 5.97 Å². The number of esters is 1. The largest absolute Gasteiger partial charge is 0.462 e. The summed E-state index contributed by atoms with van der Waals surface area (Å²) in [5.74, 6) is -0.590. The molecule has 3 N–H and O–H groups in total. The zero-order chi connectivity index (χ0) is 18.5. The molecule has 3 rings (SSSR count). The highest BCUT2D eigenvalue weighted by Gasteiger charge is 2.30. The van der Waals surface area contributed by atoms with Crippen molar-refractivity contribution >= 4 is 29.2 Å². The monoisotopic (exact) mass is 373 g/mol. The summed E-state index contributed by atoms with van der Waals surface area (Å²) < 4.78 is 4.98. The lowest BCUT2D eigenvalue weighted by Crippen LogP contribution is -2.39. The standard InChI is InChI=1S/C19H20ClN3O3/c1-2-26-19(25)13-6-4-8-15(10-13)21-18(24)17-11-16(22-23-17)12-5-3-7-14(20)9-12/h3-10,16-17,22-23H,2,11H2,1H3,(H,21,24). The number of anilines is 1. The van der Waals surface area contributed by atoms with Crippen molar-refractivity contribution in [2.24, 2.45) is 0 Å². The number of ether oxygens (including phenoxy) is 1. The number of amides is 1. The molecule has 2 aromatic carbocycles. The minimum atomic E-state index is -0.412. The van der Waals surface area contributed by atoms with Gasteiger partial charge in [-0.25, -0.2) is 15.6 Å². The Labute approximate surface area is 156 Å². The van der Waals surface area contributed by atoms with Gasteiger partial charge in [0, 0.05) is 16.8 Å². The summed E-state index contributed by atoms with van der Waals surface area (Å²) >= 11 is 6.03. The molecule has 2 unspecified atom stereocenters. The molecule has 6 nitrogen and oxygen atoms in total. The molecule has 1 amide bonds. The summed E-state index contributed by atoms with van der Waals surface area (Å²) in [6.45, 7) is 2.05. The molecule has 0 aliphatic carbocycles. The molecule has 26 heavy (non-hydrogen) atoms. The number of nitrogens with one attached hydrogen (secondary N) is 3. The fourth-order valence-corrected chi connectivity index (χ4v) is 3.04. The summed E-state index contributed by atoms with van der Waals surface area (Å²) in [6.07, 6.45) is 0.587. The third kappa shape index (κ3) is 4.40. The van der Waals surface area contributed by atoms with Gasteiger partial charge in [0.1, 0.15) is 6.04 Å². The number of carbonyl (C=O) groups is 2. The second kappa shape index (κ2) is 8.31. The Morgan fingerprint density at radius 2 is 2.00 bits per heavy atom. The Morgan fingerprint density at radius 1 is 1.19 bits per heavy atom. The average Bonchev–Trinajstić information content (AvgIpc) is 3.12. The van der Waals surface area contributed by atoms with E-state index in [1.54, 1.807) is 31.2 Å². The minimum Gasteiger partial charge on any atom is -0.462 e. The fraction of sp³-hybridized carbons (Fsp3) is 0.263. The predicted octanol–water partition coefficient (Wildman–Crippen LogP) is 3.06. The molecule has 136 valence electrons. The van der Waals surface area contributed by atoms with Crippen LogP contribution in [0.1, 0.15) is 35.3 Å². The summed E-state index contributed by atoms with van der Waals surface area (Å²) in [4.78, 5) is 24.3. The van der Waals surface area contributed by atoms with Gasteiger partial charge < -0.3 is 10.1 Å². The van der Waals surface area contributed by atoms with Crippen molar-refractivity contribution in [1.29, 1.82) is 0 Å². The van der Waals surface area contributed by atoms with Crippen LogP contribution in [0.4, 0.5) is 5.69 Å². The van der Waals surface area contributed by atoms with Gasteiger partial charge in [-0.05, 0) is 49.2 Å². The number of halogens is 1. The van der Waals surface area contributed by atoms with Gasteiger partial charge in [0.05, 0.1) is 12.2 Å². The molecule has 2 aromatic rings. The van der Waals surface area contributed by atoms with Crippen LogP contribution < -0.4 is 16.2 Å². The van der Waals surface area contributed by atoms with Crippen LogP contribution in [0.3, 0.4) is 0 Å². The minimum absolute atomic E-state index is 0.00434. The molecule has 0 spiro atoms. The number of benzene rings is 2. The molecular formula is C19H20ClN3O3. The van der Waals surface area contributed by atoms with Crippen LogP contribution in [-0.4, -0.2) is 24.5 Å². The summed E-state index contributed by atoms with van der Waals surface area (Å²) in [7, 11) is 0. The zero-order valence-electron chi connectivity index (χ0n) is 14.3. The first kappa shape index (κ1) is 18.4. The number of hydrogen-bond acceptors (Lipinski definition) is 5. The normalized spacial score (nSPS) is 19.2. The smallest absolute Gasteiger partial charge is 0.338 e. The molecule has 7 heteroatoms. The first-order valence-electron chi connectivity index (χ1n) is 8.41. The van der Waals surface area contributed by atoms with Gasteiger partial charge in [0.25, 0.3) is 0 Å². The van der Waals surface area contributed by atoms with E-state index >= 15 is 0 Å². The van der Waals surface area contributed by atoms with Crippen molar-refractivity contribution in [2.45, 2.75) is 25.4 Å². The van der Waals surface area contributed by atoms with E-state index in [1.165, 1.54) is 0 Å². The van der Waals surface area contributed by atoms with Gasteiger partial charge in [-0.2, -0.15) is 0 Å². The Kier molecular flexibility index (Phi) is 5.88. The van der Waals surface area contributed by atoms with Gasteiger partial charge in [0.15, 0.2) is 0 Å². The lowest BCUT2D eigenvalue weighted by molar-refractivity contribution is -0.117. The lowest BCUT2D eigenvalue weighted by atomic mass is 10.0. The maximum absolute atomic E-state index is 12.5. The highest BCUT2D eigenvalue weighted by Crippen LogP contribution is 2.25. The Balaban J connectivity index is 1.62. The van der Waals surface area contributed by atoms with Crippen LogP contribution in [0.2, 0.25) is 5.02 Å². The van der Waals surface area contributed by atoms with Crippen LogP contribution in [0.15, 0.2) is 48.5 Å². The van der Waals surface area contributed by atoms with Crippen molar-refractivity contribution in [1.82, 2.24) is 10.9 Å². The van der Waals surface area contributed by atoms with Crippen LogP contribution in [0, 0.1) is 0 Å².